The molecule has 0 saturated heterocycles. The molecule has 108 valence electrons. The van der Waals surface area contributed by atoms with Gasteiger partial charge < -0.3 is 5.11 Å². The summed E-state index contributed by atoms with van der Waals surface area (Å²) in [6, 6.07) is 12.4. The van der Waals surface area contributed by atoms with E-state index in [1.54, 1.807) is 0 Å². The van der Waals surface area contributed by atoms with E-state index in [1.165, 1.54) is 0 Å². The molecule has 1 N–H and O–H groups in total. The van der Waals surface area contributed by atoms with Crippen LogP contribution in [0.3, 0.4) is 0 Å². The predicted molar refractivity (Wildman–Crippen MR) is 81.6 cm³/mol. The molecular weight excluding hydrogens is 248 g/mol. The van der Waals surface area contributed by atoms with Crippen LogP contribution in [0.1, 0.15) is 56.5 Å². The molecular formula is C17H24N2O. The minimum absolute atomic E-state index is 0.368. The number of hydrogen-bond acceptors (Lipinski definition) is 2. The topological polar surface area (TPSA) is 38.0 Å². The Balaban J connectivity index is 1.80. The molecule has 0 bridgehead atoms. The van der Waals surface area contributed by atoms with Crippen LogP contribution in [0.5, 0.6) is 0 Å². The first-order chi connectivity index (χ1) is 9.70. The lowest BCUT2D eigenvalue weighted by Gasteiger charge is -2.10. The standard InChI is InChI=1S/C17H24N2O/c1-3-14(2)19-13-12-16(18-19)10-7-11-17(20)15-8-5-4-6-9-15/h4-6,8-9,12-14,17,20H,3,7,10-11H2,1-2H3. The van der Waals surface area contributed by atoms with Gasteiger partial charge in [-0.2, -0.15) is 5.10 Å². The van der Waals surface area contributed by atoms with E-state index in [2.05, 4.69) is 31.2 Å². The van der Waals surface area contributed by atoms with Crippen LogP contribution < -0.4 is 0 Å². The van der Waals surface area contributed by atoms with Crippen molar-refractivity contribution in [3.63, 3.8) is 0 Å². The Hall–Kier alpha value is -1.61. The Labute approximate surface area is 121 Å². The van der Waals surface area contributed by atoms with E-state index >= 15 is 0 Å². The zero-order valence-corrected chi connectivity index (χ0v) is 12.4. The summed E-state index contributed by atoms with van der Waals surface area (Å²) in [5.41, 5.74) is 2.11. The maximum Gasteiger partial charge on any atom is 0.0790 e. The SMILES string of the molecule is CCC(C)n1ccc(CCCC(O)c2ccccc2)n1. The van der Waals surface area contributed by atoms with Crippen molar-refractivity contribution >= 4 is 0 Å². The van der Waals surface area contributed by atoms with Gasteiger partial charge in [-0.1, -0.05) is 37.3 Å². The minimum atomic E-state index is -0.368. The number of aryl methyl sites for hydroxylation is 1. The molecule has 0 fully saturated rings. The van der Waals surface area contributed by atoms with Crippen molar-refractivity contribution in [1.29, 1.82) is 0 Å². The summed E-state index contributed by atoms with van der Waals surface area (Å²) < 4.78 is 2.03. The van der Waals surface area contributed by atoms with Crippen molar-refractivity contribution in [2.45, 2.75) is 51.7 Å². The smallest absolute Gasteiger partial charge is 0.0790 e. The molecule has 20 heavy (non-hydrogen) atoms. The molecule has 0 aliphatic rings. The number of aliphatic hydroxyl groups excluding tert-OH is 1. The summed E-state index contributed by atoms with van der Waals surface area (Å²) >= 11 is 0. The van der Waals surface area contributed by atoms with Gasteiger partial charge in [0.15, 0.2) is 0 Å². The van der Waals surface area contributed by atoms with Crippen LogP contribution in [0.25, 0.3) is 0 Å². The van der Waals surface area contributed by atoms with Crippen molar-refractivity contribution < 1.29 is 5.11 Å². The summed E-state index contributed by atoms with van der Waals surface area (Å²) in [4.78, 5) is 0. The molecule has 3 nitrogen and oxygen atoms in total. The average molecular weight is 272 g/mol. The molecule has 2 atom stereocenters. The van der Waals surface area contributed by atoms with Crippen molar-refractivity contribution in [3.05, 3.63) is 53.9 Å². The highest BCUT2D eigenvalue weighted by atomic mass is 16.3. The summed E-state index contributed by atoms with van der Waals surface area (Å²) in [6.07, 6.45) is 5.43. The van der Waals surface area contributed by atoms with E-state index in [1.807, 2.05) is 35.0 Å². The molecule has 2 aromatic rings. The maximum absolute atomic E-state index is 10.1. The number of hydrogen-bond donors (Lipinski definition) is 1. The molecule has 1 aromatic heterocycles. The van der Waals surface area contributed by atoms with E-state index in [-0.39, 0.29) is 6.10 Å². The van der Waals surface area contributed by atoms with Crippen LogP contribution in [0.15, 0.2) is 42.6 Å². The highest BCUT2D eigenvalue weighted by Gasteiger charge is 2.08. The fourth-order valence-corrected chi connectivity index (χ4v) is 2.26. The van der Waals surface area contributed by atoms with Crippen LogP contribution in [-0.4, -0.2) is 14.9 Å². The van der Waals surface area contributed by atoms with E-state index in [4.69, 9.17) is 0 Å². The molecule has 0 amide bonds. The van der Waals surface area contributed by atoms with Crippen molar-refractivity contribution in [2.75, 3.05) is 0 Å². The predicted octanol–water partition coefficient (Wildman–Crippen LogP) is 3.91. The van der Waals surface area contributed by atoms with Crippen molar-refractivity contribution in [3.8, 4) is 0 Å². The maximum atomic E-state index is 10.1. The van der Waals surface area contributed by atoms with Gasteiger partial charge >= 0.3 is 0 Å². The number of rotatable bonds is 7. The second-order valence-electron chi connectivity index (χ2n) is 5.36. The number of nitrogens with zero attached hydrogens (tertiary/aromatic N) is 2. The zero-order chi connectivity index (χ0) is 14.4. The third-order valence-electron chi connectivity index (χ3n) is 3.80. The molecule has 0 radical (unpaired) electrons. The quantitative estimate of drug-likeness (QED) is 0.830. The Morgan fingerprint density at radius 1 is 1.20 bits per heavy atom. The molecule has 2 unspecified atom stereocenters. The molecule has 0 aliphatic carbocycles. The molecule has 0 aliphatic heterocycles. The fraction of sp³-hybridized carbons (Fsp3) is 0.471. The highest BCUT2D eigenvalue weighted by molar-refractivity contribution is 5.17. The molecule has 0 saturated carbocycles. The van der Waals surface area contributed by atoms with Crippen LogP contribution in [-0.2, 0) is 6.42 Å². The van der Waals surface area contributed by atoms with Gasteiger partial charge in [-0.15, -0.1) is 0 Å². The van der Waals surface area contributed by atoms with E-state index in [0.29, 0.717) is 6.04 Å². The molecule has 3 heteroatoms. The van der Waals surface area contributed by atoms with Crippen LogP contribution >= 0.6 is 0 Å². The molecule has 0 spiro atoms. The lowest BCUT2D eigenvalue weighted by molar-refractivity contribution is 0.164. The van der Waals surface area contributed by atoms with Crippen molar-refractivity contribution in [2.24, 2.45) is 0 Å². The lowest BCUT2D eigenvalue weighted by atomic mass is 10.0. The van der Waals surface area contributed by atoms with Gasteiger partial charge in [-0.05, 0) is 44.2 Å². The van der Waals surface area contributed by atoms with Crippen molar-refractivity contribution in [1.82, 2.24) is 9.78 Å². The molecule has 2 rings (SSSR count). The Bertz CT molecular complexity index is 507. The van der Waals surface area contributed by atoms with Gasteiger partial charge in [0.1, 0.15) is 0 Å². The van der Waals surface area contributed by atoms with Crippen LogP contribution in [0.4, 0.5) is 0 Å². The first-order valence-electron chi connectivity index (χ1n) is 7.47. The first kappa shape index (κ1) is 14.8. The minimum Gasteiger partial charge on any atom is -0.388 e. The zero-order valence-electron chi connectivity index (χ0n) is 12.4. The highest BCUT2D eigenvalue weighted by Crippen LogP contribution is 2.19. The Morgan fingerprint density at radius 2 is 1.95 bits per heavy atom. The largest absolute Gasteiger partial charge is 0.388 e. The van der Waals surface area contributed by atoms with Gasteiger partial charge in [0.2, 0.25) is 0 Å². The summed E-state index contributed by atoms with van der Waals surface area (Å²) in [5, 5.41) is 14.7. The summed E-state index contributed by atoms with van der Waals surface area (Å²) in [5.74, 6) is 0. The first-order valence-corrected chi connectivity index (χ1v) is 7.47. The molecule has 1 aromatic carbocycles. The van der Waals surface area contributed by atoms with Crippen LogP contribution in [0, 0.1) is 0 Å². The second kappa shape index (κ2) is 7.25. The average Bonchev–Trinajstić information content (AvgIpc) is 2.96. The molecule has 1 heterocycles. The second-order valence-corrected chi connectivity index (χ2v) is 5.36. The van der Waals surface area contributed by atoms with E-state index < -0.39 is 0 Å². The number of aromatic nitrogens is 2. The Kier molecular flexibility index (Phi) is 5.36. The lowest BCUT2D eigenvalue weighted by Crippen LogP contribution is -2.05. The third-order valence-corrected chi connectivity index (χ3v) is 3.80. The van der Waals surface area contributed by atoms with Gasteiger partial charge in [-0.3, -0.25) is 4.68 Å². The number of aliphatic hydroxyl groups is 1. The summed E-state index contributed by atoms with van der Waals surface area (Å²) in [6.45, 7) is 4.35. The van der Waals surface area contributed by atoms with E-state index in [0.717, 1.165) is 36.9 Å². The van der Waals surface area contributed by atoms with Gasteiger partial charge in [0.25, 0.3) is 0 Å². The normalized spacial score (nSPS) is 14.2. The van der Waals surface area contributed by atoms with Gasteiger partial charge in [0.05, 0.1) is 11.8 Å². The number of benzene rings is 1. The fourth-order valence-electron chi connectivity index (χ4n) is 2.26. The summed E-state index contributed by atoms with van der Waals surface area (Å²) in [7, 11) is 0. The van der Waals surface area contributed by atoms with Crippen LogP contribution in [0.2, 0.25) is 0 Å². The van der Waals surface area contributed by atoms with E-state index in [9.17, 15) is 5.11 Å². The third kappa shape index (κ3) is 3.94. The van der Waals surface area contributed by atoms with Gasteiger partial charge in [-0.25, -0.2) is 0 Å². The monoisotopic (exact) mass is 272 g/mol. The Morgan fingerprint density at radius 3 is 2.65 bits per heavy atom. The van der Waals surface area contributed by atoms with Gasteiger partial charge in [0, 0.05) is 12.2 Å².